The van der Waals surface area contributed by atoms with Crippen LogP contribution in [-0.2, 0) is 9.59 Å². The van der Waals surface area contributed by atoms with Gasteiger partial charge in [-0.05, 0) is 6.07 Å². The second-order valence-corrected chi connectivity index (χ2v) is 3.08. The molecular formula is C11H8N2O2. The van der Waals surface area contributed by atoms with Crippen molar-refractivity contribution in [2.45, 2.75) is 5.92 Å². The molecule has 0 saturated carbocycles. The van der Waals surface area contributed by atoms with E-state index in [1.807, 2.05) is 24.3 Å². The predicted molar refractivity (Wildman–Crippen MR) is 54.4 cm³/mol. The third-order valence-electron chi connectivity index (χ3n) is 2.10. The summed E-state index contributed by atoms with van der Waals surface area (Å²) in [5.41, 5.74) is 0.733. The molecule has 0 saturated heterocycles. The normalized spacial score (nSPS) is 10.5. The van der Waals surface area contributed by atoms with Crippen LogP contribution in [0.25, 0.3) is 10.9 Å². The van der Waals surface area contributed by atoms with Gasteiger partial charge in [-0.15, -0.1) is 0 Å². The van der Waals surface area contributed by atoms with E-state index in [-0.39, 0.29) is 5.82 Å². The number of carbonyl (C=O) groups is 2. The largest absolute Gasteiger partial charge is 0.302 e. The standard InChI is InChI=1S/C11H8N2O2/c14-6-9(7-15)11-12-5-8-3-1-2-4-10(8)13-11/h1-7,9H. The number of aromatic nitrogens is 2. The van der Waals surface area contributed by atoms with Gasteiger partial charge in [0.1, 0.15) is 24.3 Å². The Morgan fingerprint density at radius 2 is 1.87 bits per heavy atom. The van der Waals surface area contributed by atoms with E-state index in [0.29, 0.717) is 12.6 Å². The number of hydrogen-bond donors (Lipinski definition) is 0. The highest BCUT2D eigenvalue weighted by Gasteiger charge is 2.12. The number of fused-ring (bicyclic) bond motifs is 1. The summed E-state index contributed by atoms with van der Waals surface area (Å²) in [4.78, 5) is 29.2. The van der Waals surface area contributed by atoms with Crippen LogP contribution in [0.5, 0.6) is 0 Å². The first-order valence-electron chi connectivity index (χ1n) is 4.47. The molecule has 15 heavy (non-hydrogen) atoms. The molecule has 0 atom stereocenters. The first-order valence-corrected chi connectivity index (χ1v) is 4.47. The number of nitrogens with zero attached hydrogens (tertiary/aromatic N) is 2. The molecule has 0 fully saturated rings. The zero-order valence-electron chi connectivity index (χ0n) is 7.83. The van der Waals surface area contributed by atoms with Crippen LogP contribution in [-0.4, -0.2) is 22.5 Å². The van der Waals surface area contributed by atoms with E-state index in [1.165, 1.54) is 0 Å². The topological polar surface area (TPSA) is 59.9 Å². The molecule has 2 rings (SSSR count). The highest BCUT2D eigenvalue weighted by molar-refractivity contribution is 5.85. The predicted octanol–water partition coefficient (Wildman–Crippen LogP) is 1.11. The first-order chi connectivity index (χ1) is 7.35. The third-order valence-corrected chi connectivity index (χ3v) is 2.10. The molecule has 0 aliphatic rings. The summed E-state index contributed by atoms with van der Waals surface area (Å²) in [6.45, 7) is 0. The summed E-state index contributed by atoms with van der Waals surface area (Å²) in [7, 11) is 0. The van der Waals surface area contributed by atoms with Crippen LogP contribution >= 0.6 is 0 Å². The molecule has 1 heterocycles. The van der Waals surface area contributed by atoms with Gasteiger partial charge in [-0.25, -0.2) is 9.97 Å². The first kappa shape index (κ1) is 9.45. The zero-order chi connectivity index (χ0) is 10.7. The van der Waals surface area contributed by atoms with Crippen LogP contribution in [0.1, 0.15) is 11.7 Å². The number of carbonyl (C=O) groups excluding carboxylic acids is 2. The van der Waals surface area contributed by atoms with E-state index in [2.05, 4.69) is 9.97 Å². The minimum absolute atomic E-state index is 0.249. The SMILES string of the molecule is O=CC(C=O)c1ncc2ccccc2n1. The molecule has 0 bridgehead atoms. The van der Waals surface area contributed by atoms with E-state index in [0.717, 1.165) is 10.9 Å². The Morgan fingerprint density at radius 1 is 1.13 bits per heavy atom. The second-order valence-electron chi connectivity index (χ2n) is 3.08. The molecule has 4 nitrogen and oxygen atoms in total. The summed E-state index contributed by atoms with van der Waals surface area (Å²) >= 11 is 0. The van der Waals surface area contributed by atoms with Crippen molar-refractivity contribution in [3.8, 4) is 0 Å². The molecule has 0 aliphatic carbocycles. The fourth-order valence-corrected chi connectivity index (χ4v) is 1.30. The van der Waals surface area contributed by atoms with E-state index in [1.54, 1.807) is 6.20 Å². The highest BCUT2D eigenvalue weighted by atomic mass is 16.1. The fraction of sp³-hybridized carbons (Fsp3) is 0.0909. The Balaban J connectivity index is 2.55. The summed E-state index contributed by atoms with van der Waals surface area (Å²) in [5.74, 6) is -0.617. The maximum absolute atomic E-state index is 10.6. The number of aldehydes is 2. The summed E-state index contributed by atoms with van der Waals surface area (Å²) in [6, 6.07) is 7.40. The van der Waals surface area contributed by atoms with Crippen LogP contribution in [0.2, 0.25) is 0 Å². The number of rotatable bonds is 3. The highest BCUT2D eigenvalue weighted by Crippen LogP contribution is 2.12. The maximum atomic E-state index is 10.6. The Morgan fingerprint density at radius 3 is 2.60 bits per heavy atom. The van der Waals surface area contributed by atoms with Crippen LogP contribution < -0.4 is 0 Å². The van der Waals surface area contributed by atoms with Crippen molar-refractivity contribution in [1.29, 1.82) is 0 Å². The quantitative estimate of drug-likeness (QED) is 0.550. The molecular weight excluding hydrogens is 192 g/mol. The average molecular weight is 200 g/mol. The summed E-state index contributed by atoms with van der Waals surface area (Å²) < 4.78 is 0. The van der Waals surface area contributed by atoms with Crippen molar-refractivity contribution in [1.82, 2.24) is 9.97 Å². The monoisotopic (exact) mass is 200 g/mol. The maximum Gasteiger partial charge on any atom is 0.146 e. The Labute approximate surface area is 86.0 Å². The summed E-state index contributed by atoms with van der Waals surface area (Å²) in [5, 5.41) is 0.886. The van der Waals surface area contributed by atoms with Gasteiger partial charge in [-0.2, -0.15) is 0 Å². The van der Waals surface area contributed by atoms with Gasteiger partial charge in [-0.1, -0.05) is 18.2 Å². The Hall–Kier alpha value is -2.10. The van der Waals surface area contributed by atoms with Crippen molar-refractivity contribution >= 4 is 23.5 Å². The summed E-state index contributed by atoms with van der Waals surface area (Å²) in [6.07, 6.45) is 2.69. The van der Waals surface area contributed by atoms with Gasteiger partial charge < -0.3 is 9.59 Å². The van der Waals surface area contributed by atoms with E-state index in [9.17, 15) is 9.59 Å². The van der Waals surface area contributed by atoms with Gasteiger partial charge in [0.2, 0.25) is 0 Å². The number of benzene rings is 1. The molecule has 1 aromatic heterocycles. The second kappa shape index (κ2) is 3.96. The molecule has 1 aromatic carbocycles. The number of para-hydroxylation sites is 1. The van der Waals surface area contributed by atoms with Gasteiger partial charge in [0.05, 0.1) is 5.52 Å². The molecule has 74 valence electrons. The smallest absolute Gasteiger partial charge is 0.146 e. The lowest BCUT2D eigenvalue weighted by Crippen LogP contribution is -2.06. The van der Waals surface area contributed by atoms with E-state index in [4.69, 9.17) is 0 Å². The van der Waals surface area contributed by atoms with E-state index >= 15 is 0 Å². The van der Waals surface area contributed by atoms with Crippen LogP contribution in [0, 0.1) is 0 Å². The average Bonchev–Trinajstić information content (AvgIpc) is 2.30. The number of hydrogen-bond acceptors (Lipinski definition) is 4. The van der Waals surface area contributed by atoms with Crippen molar-refractivity contribution in [2.24, 2.45) is 0 Å². The van der Waals surface area contributed by atoms with Crippen molar-refractivity contribution in [3.05, 3.63) is 36.3 Å². The minimum atomic E-state index is -0.866. The molecule has 0 N–H and O–H groups in total. The van der Waals surface area contributed by atoms with Crippen molar-refractivity contribution in [3.63, 3.8) is 0 Å². The lowest BCUT2D eigenvalue weighted by atomic mass is 10.1. The van der Waals surface area contributed by atoms with Gasteiger partial charge in [0, 0.05) is 11.6 Å². The molecule has 0 spiro atoms. The molecule has 0 aliphatic heterocycles. The van der Waals surface area contributed by atoms with E-state index < -0.39 is 5.92 Å². The lowest BCUT2D eigenvalue weighted by Gasteiger charge is -2.02. The van der Waals surface area contributed by atoms with Gasteiger partial charge in [0.25, 0.3) is 0 Å². The minimum Gasteiger partial charge on any atom is -0.302 e. The van der Waals surface area contributed by atoms with Crippen molar-refractivity contribution in [2.75, 3.05) is 0 Å². The lowest BCUT2D eigenvalue weighted by molar-refractivity contribution is -0.116. The third kappa shape index (κ3) is 1.74. The van der Waals surface area contributed by atoms with Crippen molar-refractivity contribution < 1.29 is 9.59 Å². The Kier molecular flexibility index (Phi) is 2.49. The zero-order valence-corrected chi connectivity index (χ0v) is 7.83. The molecule has 0 radical (unpaired) electrons. The molecule has 4 heteroatoms. The molecule has 0 amide bonds. The molecule has 0 unspecified atom stereocenters. The molecule has 2 aromatic rings. The van der Waals surface area contributed by atoms with Crippen LogP contribution in [0.3, 0.4) is 0 Å². The van der Waals surface area contributed by atoms with Gasteiger partial charge >= 0.3 is 0 Å². The van der Waals surface area contributed by atoms with Gasteiger partial charge in [0.15, 0.2) is 0 Å². The Bertz CT molecular complexity index is 503. The fourth-order valence-electron chi connectivity index (χ4n) is 1.30. The van der Waals surface area contributed by atoms with Crippen LogP contribution in [0.4, 0.5) is 0 Å². The van der Waals surface area contributed by atoms with Gasteiger partial charge in [-0.3, -0.25) is 0 Å². The van der Waals surface area contributed by atoms with Crippen LogP contribution in [0.15, 0.2) is 30.5 Å².